The van der Waals surface area contributed by atoms with Gasteiger partial charge in [0.2, 0.25) is 0 Å². The van der Waals surface area contributed by atoms with Crippen molar-refractivity contribution in [1.29, 1.82) is 0 Å². The van der Waals surface area contributed by atoms with Gasteiger partial charge in [-0.15, -0.1) is 0 Å². The normalized spacial score (nSPS) is 12.0. The minimum atomic E-state index is -4.43. The number of hydrogen-bond donors (Lipinski definition) is 0. The third-order valence-electron chi connectivity index (χ3n) is 4.86. The van der Waals surface area contributed by atoms with Gasteiger partial charge in [-0.3, -0.25) is 19.5 Å². The van der Waals surface area contributed by atoms with Crippen LogP contribution in [0.25, 0.3) is 27.8 Å². The molecule has 0 fully saturated rings. The maximum atomic E-state index is 13.7. The maximum Gasteiger partial charge on any atom is 0.301 e. The van der Waals surface area contributed by atoms with E-state index in [1.54, 1.807) is 0 Å². The smallest absolute Gasteiger partial charge is 0.282 e. The summed E-state index contributed by atoms with van der Waals surface area (Å²) in [5, 5.41) is 14.5. The summed E-state index contributed by atoms with van der Waals surface area (Å²) in [4.78, 5) is 18.4. The zero-order valence-corrected chi connectivity index (χ0v) is 16.9. The highest BCUT2D eigenvalue weighted by atomic mass is 32.2. The molecule has 1 aromatic carbocycles. The van der Waals surface area contributed by atoms with E-state index in [-0.39, 0.29) is 33.5 Å². The Kier molecular flexibility index (Phi) is 4.42. The third-order valence-corrected chi connectivity index (χ3v) is 6.44. The summed E-state index contributed by atoms with van der Waals surface area (Å²) in [7, 11) is -4.43. The molecule has 0 aliphatic heterocycles. The van der Waals surface area contributed by atoms with Gasteiger partial charge in [-0.25, -0.2) is 18.2 Å². The van der Waals surface area contributed by atoms with Gasteiger partial charge in [0.05, 0.1) is 23.5 Å². The number of rotatable bonds is 4. The fourth-order valence-corrected chi connectivity index (χ4v) is 4.63. The van der Waals surface area contributed by atoms with E-state index in [1.165, 1.54) is 24.4 Å². The topological polar surface area (TPSA) is 125 Å². The molecule has 14 heteroatoms. The van der Waals surface area contributed by atoms with Crippen LogP contribution in [0.2, 0.25) is 0 Å². The Morgan fingerprint density at radius 3 is 2.36 bits per heavy atom. The lowest BCUT2D eigenvalue weighted by Crippen LogP contribution is -2.16. The van der Waals surface area contributed by atoms with Gasteiger partial charge in [-0.2, -0.15) is 17.6 Å². The largest absolute Gasteiger partial charge is 0.301 e. The van der Waals surface area contributed by atoms with Crippen molar-refractivity contribution >= 4 is 32.4 Å². The first-order valence-corrected chi connectivity index (χ1v) is 10.5. The van der Waals surface area contributed by atoms with Crippen molar-refractivity contribution in [3.63, 3.8) is 0 Å². The minimum absolute atomic E-state index is 0.0435. The second kappa shape index (κ2) is 7.09. The van der Waals surface area contributed by atoms with Gasteiger partial charge < -0.3 is 0 Å². The first-order chi connectivity index (χ1) is 15.7. The molecule has 0 unspecified atom stereocenters. The van der Waals surface area contributed by atoms with Gasteiger partial charge in [0.15, 0.2) is 22.5 Å². The Balaban J connectivity index is 1.69. The average Bonchev–Trinajstić information content (AvgIpc) is 3.41. The summed E-state index contributed by atoms with van der Waals surface area (Å²) in [6, 6.07) is 5.24. The molecule has 0 bridgehead atoms. The van der Waals surface area contributed by atoms with Crippen molar-refractivity contribution in [3.8, 4) is 11.1 Å². The lowest BCUT2D eigenvalue weighted by molar-refractivity contribution is -0.385. The quantitative estimate of drug-likeness (QED) is 0.222. The number of fused-ring (bicyclic) bond motifs is 2. The van der Waals surface area contributed by atoms with E-state index in [4.69, 9.17) is 0 Å². The molecular formula is C19H9F3N6O4S. The zero-order chi connectivity index (χ0) is 23.5. The molecule has 0 N–H and O–H groups in total. The Bertz CT molecular complexity index is 1690. The van der Waals surface area contributed by atoms with Crippen LogP contribution in [0, 0.1) is 27.6 Å². The first kappa shape index (κ1) is 20.6. The highest BCUT2D eigenvalue weighted by Crippen LogP contribution is 2.28. The van der Waals surface area contributed by atoms with Gasteiger partial charge in [0.1, 0.15) is 16.7 Å². The van der Waals surface area contributed by atoms with Gasteiger partial charge in [-0.1, -0.05) is 0 Å². The molecule has 0 saturated heterocycles. The molecule has 10 nitrogen and oxygen atoms in total. The second-order valence-corrected chi connectivity index (χ2v) is 8.56. The molecule has 0 atom stereocenters. The number of nitro groups is 1. The summed E-state index contributed by atoms with van der Waals surface area (Å²) in [5.74, 6) is -4.47. The monoisotopic (exact) mass is 474 g/mol. The van der Waals surface area contributed by atoms with Crippen molar-refractivity contribution in [3.05, 3.63) is 82.7 Å². The summed E-state index contributed by atoms with van der Waals surface area (Å²) < 4.78 is 69.0. The minimum Gasteiger partial charge on any atom is -0.282 e. The van der Waals surface area contributed by atoms with Crippen molar-refractivity contribution in [1.82, 2.24) is 23.6 Å². The fraction of sp³-hybridized carbons (Fsp3) is 0. The van der Waals surface area contributed by atoms with Crippen molar-refractivity contribution < 1.29 is 26.5 Å². The van der Waals surface area contributed by atoms with E-state index < -0.39 is 37.4 Å². The highest BCUT2D eigenvalue weighted by Gasteiger charge is 2.26. The summed E-state index contributed by atoms with van der Waals surface area (Å²) in [6.45, 7) is 0. The molecule has 166 valence electrons. The van der Waals surface area contributed by atoms with E-state index >= 15 is 0 Å². The molecule has 5 rings (SSSR count). The van der Waals surface area contributed by atoms with Gasteiger partial charge in [0, 0.05) is 17.8 Å². The standard InChI is InChI=1S/C19H9F3N6O4S/c20-13-3-10(4-14(21)19(13)22)11-5-16-15(23-6-11)7-25-27(16)33(31,32)18-8-24-17-2-1-12(28(29)30)9-26(17)18/h1-9H. The van der Waals surface area contributed by atoms with Crippen molar-refractivity contribution in [2.45, 2.75) is 5.03 Å². The second-order valence-electron chi connectivity index (χ2n) is 6.84. The predicted octanol–water partition coefficient (Wildman–Crippen LogP) is 3.31. The molecule has 0 aliphatic carbocycles. The lowest BCUT2D eigenvalue weighted by atomic mass is 10.1. The molecule has 0 radical (unpaired) electrons. The molecule has 4 aromatic heterocycles. The molecule has 0 spiro atoms. The number of halogens is 3. The Labute approximate surface area is 181 Å². The van der Waals surface area contributed by atoms with E-state index in [0.717, 1.165) is 35.1 Å². The summed E-state index contributed by atoms with van der Waals surface area (Å²) in [5.41, 5.74) is -0.0797. The molecule has 4 heterocycles. The molecular weight excluding hydrogens is 465 g/mol. The highest BCUT2D eigenvalue weighted by molar-refractivity contribution is 7.90. The van der Waals surface area contributed by atoms with Crippen LogP contribution in [0.1, 0.15) is 0 Å². The van der Waals surface area contributed by atoms with Gasteiger partial charge in [-0.05, 0) is 29.8 Å². The molecule has 5 aromatic rings. The number of benzene rings is 1. The molecule has 33 heavy (non-hydrogen) atoms. The third kappa shape index (κ3) is 3.18. The summed E-state index contributed by atoms with van der Waals surface area (Å²) in [6.07, 6.45) is 4.41. The number of pyridine rings is 2. The summed E-state index contributed by atoms with van der Waals surface area (Å²) >= 11 is 0. The average molecular weight is 474 g/mol. The molecule has 0 saturated carbocycles. The van der Waals surface area contributed by atoms with Crippen LogP contribution in [0.5, 0.6) is 0 Å². The van der Waals surface area contributed by atoms with Gasteiger partial charge >= 0.3 is 10.0 Å². The van der Waals surface area contributed by atoms with Crippen molar-refractivity contribution in [2.24, 2.45) is 0 Å². The number of nitrogens with zero attached hydrogens (tertiary/aromatic N) is 6. The fourth-order valence-electron chi connectivity index (χ4n) is 3.29. The Morgan fingerprint density at radius 2 is 1.67 bits per heavy atom. The van der Waals surface area contributed by atoms with E-state index in [1.807, 2.05) is 0 Å². The van der Waals surface area contributed by atoms with Crippen LogP contribution in [0.15, 0.2) is 60.1 Å². The van der Waals surface area contributed by atoms with Crippen LogP contribution in [0.4, 0.5) is 18.9 Å². The lowest BCUT2D eigenvalue weighted by Gasteiger charge is -2.07. The number of hydrogen-bond acceptors (Lipinski definition) is 7. The van der Waals surface area contributed by atoms with Gasteiger partial charge in [0.25, 0.3) is 5.69 Å². The van der Waals surface area contributed by atoms with Crippen LogP contribution in [-0.2, 0) is 10.0 Å². The first-order valence-electron chi connectivity index (χ1n) is 9.02. The van der Waals surface area contributed by atoms with E-state index in [0.29, 0.717) is 4.09 Å². The van der Waals surface area contributed by atoms with E-state index in [9.17, 15) is 31.7 Å². The van der Waals surface area contributed by atoms with Crippen LogP contribution in [-0.4, -0.2) is 36.9 Å². The Hall–Kier alpha value is -4.33. The van der Waals surface area contributed by atoms with E-state index in [2.05, 4.69) is 15.1 Å². The number of imidazole rings is 1. The van der Waals surface area contributed by atoms with Crippen LogP contribution < -0.4 is 0 Å². The predicted molar refractivity (Wildman–Crippen MR) is 107 cm³/mol. The zero-order valence-electron chi connectivity index (χ0n) is 16.1. The maximum absolute atomic E-state index is 13.7. The van der Waals surface area contributed by atoms with Crippen LogP contribution >= 0.6 is 0 Å². The molecule has 0 amide bonds. The SMILES string of the molecule is O=[N+]([O-])c1ccc2ncc(S(=O)(=O)n3ncc4ncc(-c5cc(F)c(F)c(F)c5)cc43)n2c1. The van der Waals surface area contributed by atoms with Crippen LogP contribution in [0.3, 0.4) is 0 Å². The number of aromatic nitrogens is 5. The van der Waals surface area contributed by atoms with Crippen molar-refractivity contribution in [2.75, 3.05) is 0 Å². The Morgan fingerprint density at radius 1 is 0.939 bits per heavy atom. The molecule has 0 aliphatic rings.